The number of amides is 1. The largest absolute Gasteiger partial charge is 0.507 e. The molecule has 1 atom stereocenters. The van der Waals surface area contributed by atoms with E-state index >= 15 is 0 Å². The number of ether oxygens (including phenoxy) is 1. The van der Waals surface area contributed by atoms with Gasteiger partial charge in [-0.25, -0.2) is 8.78 Å². The molecule has 1 saturated heterocycles. The Bertz CT molecular complexity index is 1040. The van der Waals surface area contributed by atoms with Gasteiger partial charge in [-0.15, -0.1) is 0 Å². The number of carbonyl (C=O) groups excluding carboxylic acids is 2. The number of rotatable bonds is 7. The normalized spacial score (nSPS) is 18.1. The van der Waals surface area contributed by atoms with E-state index in [-0.39, 0.29) is 23.4 Å². The fraction of sp³-hybridized carbons (Fsp3) is 0.304. The molecule has 0 saturated carbocycles. The molecular weight excluding hydrogens is 406 g/mol. The monoisotopic (exact) mass is 430 g/mol. The number of nitrogens with zero attached hydrogens (tertiary/aromatic N) is 2. The summed E-state index contributed by atoms with van der Waals surface area (Å²) in [4.78, 5) is 28.9. The number of benzene rings is 2. The van der Waals surface area contributed by atoms with Gasteiger partial charge in [0.15, 0.2) is 11.6 Å². The number of aliphatic hydroxyl groups is 1. The number of methoxy groups -OCH3 is 1. The van der Waals surface area contributed by atoms with Crippen molar-refractivity contribution in [3.8, 4) is 5.75 Å². The molecule has 2 aromatic carbocycles. The van der Waals surface area contributed by atoms with Gasteiger partial charge in [0, 0.05) is 12.1 Å². The quantitative estimate of drug-likeness (QED) is 0.415. The van der Waals surface area contributed by atoms with Crippen LogP contribution in [0.3, 0.4) is 0 Å². The molecule has 0 bridgehead atoms. The fourth-order valence-electron chi connectivity index (χ4n) is 3.66. The van der Waals surface area contributed by atoms with Gasteiger partial charge in [0.25, 0.3) is 11.7 Å². The summed E-state index contributed by atoms with van der Waals surface area (Å²) in [5, 5.41) is 10.9. The molecule has 1 heterocycles. The average Bonchev–Trinajstić information content (AvgIpc) is 2.98. The molecule has 0 spiro atoms. The van der Waals surface area contributed by atoms with Gasteiger partial charge in [0.1, 0.15) is 11.6 Å². The minimum atomic E-state index is -0.983. The van der Waals surface area contributed by atoms with Gasteiger partial charge in [-0.1, -0.05) is 12.1 Å². The Kier molecular flexibility index (Phi) is 6.70. The number of halogens is 2. The van der Waals surface area contributed by atoms with E-state index in [9.17, 15) is 23.5 Å². The third kappa shape index (κ3) is 4.59. The topological polar surface area (TPSA) is 70.1 Å². The number of Topliss-reactive ketones (excluding diaryl/α,β-unsaturated/α-hetero) is 1. The van der Waals surface area contributed by atoms with Gasteiger partial charge in [0.2, 0.25) is 0 Å². The van der Waals surface area contributed by atoms with E-state index in [1.165, 1.54) is 42.3 Å². The first-order valence-electron chi connectivity index (χ1n) is 9.77. The highest BCUT2D eigenvalue weighted by Crippen LogP contribution is 2.40. The van der Waals surface area contributed by atoms with Crippen LogP contribution in [0.4, 0.5) is 8.78 Å². The van der Waals surface area contributed by atoms with E-state index < -0.39 is 35.1 Å². The third-order valence-corrected chi connectivity index (χ3v) is 5.13. The minimum Gasteiger partial charge on any atom is -0.507 e. The SMILES string of the molecule is COc1ccc(/C(O)=C2\C(=O)C(=O)N(CCCN(C)C)C2c2cccc(F)c2)cc1F. The van der Waals surface area contributed by atoms with Crippen molar-refractivity contribution in [3.05, 3.63) is 70.8 Å². The number of hydrogen-bond donors (Lipinski definition) is 1. The first kappa shape index (κ1) is 22.4. The predicted octanol–water partition coefficient (Wildman–Crippen LogP) is 3.35. The second kappa shape index (κ2) is 9.26. The maximum absolute atomic E-state index is 14.2. The maximum Gasteiger partial charge on any atom is 0.295 e. The zero-order valence-corrected chi connectivity index (χ0v) is 17.6. The first-order valence-corrected chi connectivity index (χ1v) is 9.77. The van der Waals surface area contributed by atoms with Gasteiger partial charge < -0.3 is 19.6 Å². The highest BCUT2D eigenvalue weighted by Gasteiger charge is 2.45. The lowest BCUT2D eigenvalue weighted by Crippen LogP contribution is -2.32. The summed E-state index contributed by atoms with van der Waals surface area (Å²) >= 11 is 0. The lowest BCUT2D eigenvalue weighted by Gasteiger charge is -2.26. The van der Waals surface area contributed by atoms with Crippen molar-refractivity contribution in [2.24, 2.45) is 0 Å². The summed E-state index contributed by atoms with van der Waals surface area (Å²) in [5.74, 6) is -3.50. The van der Waals surface area contributed by atoms with Crippen LogP contribution >= 0.6 is 0 Å². The van der Waals surface area contributed by atoms with Crippen molar-refractivity contribution in [2.75, 3.05) is 34.3 Å². The predicted molar refractivity (Wildman–Crippen MR) is 112 cm³/mol. The molecule has 8 heteroatoms. The Hall–Kier alpha value is -3.26. The standard InChI is InChI=1S/C23H24F2N2O4/c1-26(2)10-5-11-27-20(14-6-4-7-16(24)12-14)19(22(29)23(27)30)21(28)15-8-9-18(31-3)17(25)13-15/h4,6-9,12-13,20,28H,5,10-11H2,1-3H3/b21-19+. The number of aliphatic hydroxyl groups excluding tert-OH is 1. The molecule has 3 rings (SSSR count). The summed E-state index contributed by atoms with van der Waals surface area (Å²) < 4.78 is 33.0. The number of ketones is 1. The van der Waals surface area contributed by atoms with Crippen molar-refractivity contribution in [1.82, 2.24) is 9.80 Å². The van der Waals surface area contributed by atoms with Gasteiger partial charge in [-0.2, -0.15) is 0 Å². The second-order valence-corrected chi connectivity index (χ2v) is 7.55. The Morgan fingerprint density at radius 2 is 1.90 bits per heavy atom. The smallest absolute Gasteiger partial charge is 0.295 e. The van der Waals surface area contributed by atoms with Crippen molar-refractivity contribution < 1.29 is 28.2 Å². The molecule has 164 valence electrons. The molecule has 1 N–H and O–H groups in total. The van der Waals surface area contributed by atoms with Crippen LogP contribution in [-0.2, 0) is 9.59 Å². The zero-order chi connectivity index (χ0) is 22.7. The third-order valence-electron chi connectivity index (χ3n) is 5.13. The van der Waals surface area contributed by atoms with E-state index in [4.69, 9.17) is 4.74 Å². The molecule has 0 aliphatic carbocycles. The molecule has 2 aromatic rings. The second-order valence-electron chi connectivity index (χ2n) is 7.55. The van der Waals surface area contributed by atoms with Crippen LogP contribution in [-0.4, -0.2) is 60.9 Å². The van der Waals surface area contributed by atoms with E-state index in [2.05, 4.69) is 0 Å². The molecule has 1 unspecified atom stereocenters. The molecule has 31 heavy (non-hydrogen) atoms. The molecule has 1 fully saturated rings. The summed E-state index contributed by atoms with van der Waals surface area (Å²) in [6, 6.07) is 8.27. The van der Waals surface area contributed by atoms with Crippen molar-refractivity contribution in [2.45, 2.75) is 12.5 Å². The molecule has 1 aliphatic rings. The number of carbonyl (C=O) groups is 2. The first-order chi connectivity index (χ1) is 14.7. The molecule has 6 nitrogen and oxygen atoms in total. The van der Waals surface area contributed by atoms with Crippen LogP contribution in [0.15, 0.2) is 48.0 Å². The van der Waals surface area contributed by atoms with Crippen LogP contribution in [0, 0.1) is 11.6 Å². The lowest BCUT2D eigenvalue weighted by molar-refractivity contribution is -0.139. The highest BCUT2D eigenvalue weighted by molar-refractivity contribution is 6.46. The summed E-state index contributed by atoms with van der Waals surface area (Å²) in [6.45, 7) is 0.903. The lowest BCUT2D eigenvalue weighted by atomic mass is 9.95. The van der Waals surface area contributed by atoms with Gasteiger partial charge in [-0.3, -0.25) is 9.59 Å². The summed E-state index contributed by atoms with van der Waals surface area (Å²) in [7, 11) is 5.08. The Morgan fingerprint density at radius 3 is 2.52 bits per heavy atom. The van der Waals surface area contributed by atoms with Crippen LogP contribution in [0.5, 0.6) is 5.75 Å². The van der Waals surface area contributed by atoms with Crippen LogP contribution in [0.2, 0.25) is 0 Å². The van der Waals surface area contributed by atoms with Crippen molar-refractivity contribution in [1.29, 1.82) is 0 Å². The van der Waals surface area contributed by atoms with Crippen LogP contribution in [0.25, 0.3) is 5.76 Å². The number of hydrogen-bond acceptors (Lipinski definition) is 5. The molecular formula is C23H24F2N2O4. The maximum atomic E-state index is 14.2. The van der Waals surface area contributed by atoms with E-state index in [0.29, 0.717) is 18.5 Å². The van der Waals surface area contributed by atoms with Crippen molar-refractivity contribution >= 4 is 17.4 Å². The molecule has 1 amide bonds. The van der Waals surface area contributed by atoms with Crippen molar-refractivity contribution in [3.63, 3.8) is 0 Å². The average molecular weight is 430 g/mol. The Balaban J connectivity index is 2.11. The summed E-state index contributed by atoms with van der Waals surface area (Å²) in [6.07, 6.45) is 0.572. The Labute approximate surface area is 179 Å². The van der Waals surface area contributed by atoms with Crippen LogP contribution in [0.1, 0.15) is 23.6 Å². The van der Waals surface area contributed by atoms with E-state index in [1.807, 2.05) is 19.0 Å². The molecule has 1 aliphatic heterocycles. The zero-order valence-electron chi connectivity index (χ0n) is 17.6. The minimum absolute atomic E-state index is 0.0194. The van der Waals surface area contributed by atoms with Gasteiger partial charge in [-0.05, 0) is 63.0 Å². The summed E-state index contributed by atoms with van der Waals surface area (Å²) in [5.41, 5.74) is 0.163. The van der Waals surface area contributed by atoms with E-state index in [0.717, 1.165) is 6.07 Å². The van der Waals surface area contributed by atoms with Gasteiger partial charge in [0.05, 0.1) is 18.7 Å². The molecule has 0 radical (unpaired) electrons. The fourth-order valence-corrected chi connectivity index (χ4v) is 3.66. The number of likely N-dealkylation sites (tertiary alicyclic amines) is 1. The highest BCUT2D eigenvalue weighted by atomic mass is 19.1. The van der Waals surface area contributed by atoms with E-state index in [1.54, 1.807) is 6.07 Å². The van der Waals surface area contributed by atoms with Crippen LogP contribution < -0.4 is 4.74 Å². The van der Waals surface area contributed by atoms with Gasteiger partial charge >= 0.3 is 0 Å². The Morgan fingerprint density at radius 1 is 1.16 bits per heavy atom. The molecule has 0 aromatic heterocycles.